The molecular formula is C24H27FN8. The second-order valence-corrected chi connectivity index (χ2v) is 8.82. The summed E-state index contributed by atoms with van der Waals surface area (Å²) in [5.74, 6) is 1.73. The van der Waals surface area contributed by atoms with Crippen molar-refractivity contribution in [3.63, 3.8) is 0 Å². The maximum atomic E-state index is 12.9. The van der Waals surface area contributed by atoms with E-state index in [4.69, 9.17) is 4.98 Å². The van der Waals surface area contributed by atoms with Crippen LogP contribution in [0.15, 0.2) is 49.1 Å². The van der Waals surface area contributed by atoms with Gasteiger partial charge in [-0.25, -0.2) is 9.37 Å². The lowest BCUT2D eigenvalue weighted by Crippen LogP contribution is -2.48. The van der Waals surface area contributed by atoms with E-state index < -0.39 is 6.17 Å². The Bertz CT molecular complexity index is 1250. The number of halogens is 1. The normalized spacial score (nSPS) is 14.7. The van der Waals surface area contributed by atoms with E-state index in [1.54, 1.807) is 6.20 Å². The van der Waals surface area contributed by atoms with E-state index in [0.717, 1.165) is 47.2 Å². The molecule has 0 radical (unpaired) electrons. The van der Waals surface area contributed by atoms with Crippen LogP contribution in [0.1, 0.15) is 31.7 Å². The van der Waals surface area contributed by atoms with E-state index in [9.17, 15) is 4.39 Å². The molecule has 1 fully saturated rings. The second-order valence-electron chi connectivity index (χ2n) is 8.82. The van der Waals surface area contributed by atoms with Crippen LogP contribution in [0.4, 0.5) is 16.0 Å². The van der Waals surface area contributed by atoms with Crippen LogP contribution in [0, 0.1) is 0 Å². The van der Waals surface area contributed by atoms with E-state index >= 15 is 0 Å². The van der Waals surface area contributed by atoms with Gasteiger partial charge in [-0.3, -0.25) is 14.6 Å². The van der Waals surface area contributed by atoms with Gasteiger partial charge in [-0.15, -0.1) is 5.10 Å². The zero-order chi connectivity index (χ0) is 22.8. The molecule has 0 spiro atoms. The van der Waals surface area contributed by atoms with Crippen molar-refractivity contribution in [1.29, 1.82) is 0 Å². The number of hydrogen-bond donors (Lipinski definition) is 1. The van der Waals surface area contributed by atoms with Crippen molar-refractivity contribution in [3.8, 4) is 11.1 Å². The number of likely N-dealkylation sites (tertiary alicyclic amines) is 1. The van der Waals surface area contributed by atoms with Gasteiger partial charge in [-0.05, 0) is 42.2 Å². The van der Waals surface area contributed by atoms with Gasteiger partial charge in [0.15, 0.2) is 5.82 Å². The van der Waals surface area contributed by atoms with Crippen molar-refractivity contribution in [1.82, 2.24) is 34.8 Å². The number of fused-ring (bicyclic) bond motifs is 1. The molecule has 0 saturated carbocycles. The summed E-state index contributed by atoms with van der Waals surface area (Å²) in [7, 11) is 0. The molecule has 33 heavy (non-hydrogen) atoms. The Kier molecular flexibility index (Phi) is 5.95. The minimum atomic E-state index is -0.649. The lowest BCUT2D eigenvalue weighted by Gasteiger charge is -2.34. The van der Waals surface area contributed by atoms with Crippen molar-refractivity contribution in [2.24, 2.45) is 0 Å². The van der Waals surface area contributed by atoms with Crippen LogP contribution in [0.5, 0.6) is 0 Å². The Morgan fingerprint density at radius 1 is 1.03 bits per heavy atom. The Hall–Kier alpha value is -3.46. The topological polar surface area (TPSA) is 84.7 Å². The van der Waals surface area contributed by atoms with Gasteiger partial charge in [0.1, 0.15) is 12.0 Å². The Balaban J connectivity index is 1.29. The third kappa shape index (κ3) is 4.98. The van der Waals surface area contributed by atoms with Gasteiger partial charge in [-0.2, -0.15) is 10.2 Å². The average Bonchev–Trinajstić information content (AvgIpc) is 3.26. The maximum absolute atomic E-state index is 12.9. The van der Waals surface area contributed by atoms with Crippen LogP contribution < -0.4 is 5.32 Å². The molecule has 0 aromatic carbocycles. The molecule has 0 amide bonds. The smallest absolute Gasteiger partial charge is 0.154 e. The number of nitrogens with one attached hydrogen (secondary N) is 1. The number of alkyl halides is 1. The highest BCUT2D eigenvalue weighted by atomic mass is 19.1. The number of rotatable bonds is 8. The highest BCUT2D eigenvalue weighted by molar-refractivity contribution is 5.81. The average molecular weight is 447 g/mol. The molecule has 4 aromatic rings. The molecule has 170 valence electrons. The molecule has 0 atom stereocenters. The Morgan fingerprint density at radius 3 is 2.73 bits per heavy atom. The summed E-state index contributed by atoms with van der Waals surface area (Å²) in [5, 5.41) is 16.0. The molecule has 1 aliphatic heterocycles. The Labute approximate surface area is 191 Å². The number of hydrogen-bond acceptors (Lipinski definition) is 7. The molecule has 5 rings (SSSR count). The van der Waals surface area contributed by atoms with E-state index in [2.05, 4.69) is 44.3 Å². The zero-order valence-corrected chi connectivity index (χ0v) is 18.8. The number of anilines is 2. The zero-order valence-electron chi connectivity index (χ0n) is 18.8. The van der Waals surface area contributed by atoms with Crippen molar-refractivity contribution in [2.45, 2.75) is 38.9 Å². The van der Waals surface area contributed by atoms with Crippen molar-refractivity contribution >= 4 is 22.7 Å². The highest BCUT2D eigenvalue weighted by Gasteiger charge is 2.25. The van der Waals surface area contributed by atoms with Gasteiger partial charge >= 0.3 is 0 Å². The molecule has 0 aliphatic carbocycles. The Morgan fingerprint density at radius 2 is 1.91 bits per heavy atom. The van der Waals surface area contributed by atoms with Crippen LogP contribution in [-0.2, 0) is 6.54 Å². The summed E-state index contributed by atoms with van der Waals surface area (Å²) in [4.78, 5) is 11.4. The summed E-state index contributed by atoms with van der Waals surface area (Å²) < 4.78 is 14.8. The van der Waals surface area contributed by atoms with Crippen LogP contribution in [-0.4, -0.2) is 60.7 Å². The summed E-state index contributed by atoms with van der Waals surface area (Å²) in [6.45, 7) is 7.07. The second kappa shape index (κ2) is 9.19. The van der Waals surface area contributed by atoms with Gasteiger partial charge < -0.3 is 5.32 Å². The quantitative estimate of drug-likeness (QED) is 0.434. The molecule has 1 N–H and O–H groups in total. The van der Waals surface area contributed by atoms with E-state index in [1.807, 2.05) is 47.5 Å². The van der Waals surface area contributed by atoms with Crippen LogP contribution in [0.2, 0.25) is 0 Å². The largest absolute Gasteiger partial charge is 0.323 e. The van der Waals surface area contributed by atoms with Crippen molar-refractivity contribution in [2.75, 3.05) is 25.0 Å². The fraction of sp³-hybridized carbons (Fsp3) is 0.375. The first-order valence-electron chi connectivity index (χ1n) is 11.3. The van der Waals surface area contributed by atoms with E-state index in [0.29, 0.717) is 30.6 Å². The van der Waals surface area contributed by atoms with Crippen LogP contribution in [0.25, 0.3) is 22.2 Å². The van der Waals surface area contributed by atoms with E-state index in [-0.39, 0.29) is 0 Å². The summed E-state index contributed by atoms with van der Waals surface area (Å²) in [6, 6.07) is 7.84. The lowest BCUT2D eigenvalue weighted by atomic mass is 10.1. The summed E-state index contributed by atoms with van der Waals surface area (Å²) in [6.07, 6.45) is 7.79. The van der Waals surface area contributed by atoms with Crippen molar-refractivity contribution < 1.29 is 4.39 Å². The van der Waals surface area contributed by atoms with Crippen LogP contribution in [0.3, 0.4) is 0 Å². The first-order valence-corrected chi connectivity index (χ1v) is 11.3. The number of aryl methyl sites for hydroxylation is 1. The number of pyridine rings is 2. The molecule has 4 aromatic heterocycles. The van der Waals surface area contributed by atoms with Gasteiger partial charge in [0, 0.05) is 49.7 Å². The predicted octanol–water partition coefficient (Wildman–Crippen LogP) is 4.19. The first kappa shape index (κ1) is 21.4. The van der Waals surface area contributed by atoms with Gasteiger partial charge in [-0.1, -0.05) is 13.8 Å². The molecule has 1 aliphatic rings. The lowest BCUT2D eigenvalue weighted by molar-refractivity contribution is 0.0636. The summed E-state index contributed by atoms with van der Waals surface area (Å²) >= 11 is 0. The monoisotopic (exact) mass is 446 g/mol. The molecule has 1 saturated heterocycles. The van der Waals surface area contributed by atoms with E-state index in [1.165, 1.54) is 0 Å². The first-order chi connectivity index (χ1) is 16.0. The maximum Gasteiger partial charge on any atom is 0.154 e. The van der Waals surface area contributed by atoms with Crippen molar-refractivity contribution in [3.05, 3.63) is 54.6 Å². The molecule has 5 heterocycles. The highest BCUT2D eigenvalue weighted by Crippen LogP contribution is 2.24. The molecule has 8 nitrogen and oxygen atoms in total. The third-order valence-corrected chi connectivity index (χ3v) is 5.88. The van der Waals surface area contributed by atoms with Gasteiger partial charge in [0.05, 0.1) is 23.4 Å². The predicted molar refractivity (Wildman–Crippen MR) is 126 cm³/mol. The molecule has 0 unspecified atom stereocenters. The van der Waals surface area contributed by atoms with Gasteiger partial charge in [0.2, 0.25) is 0 Å². The fourth-order valence-corrected chi connectivity index (χ4v) is 3.90. The molecular weight excluding hydrogens is 419 g/mol. The SMILES string of the molecule is CC(C)c1cnnc(Nc2ccc3ncc(-c4cnn(CCCN5CC(F)C5)c4)cc3n2)c1. The standard InChI is InChI=1S/C24H27FN8/c1-16(2)17-9-24(31-27-11-17)30-23-5-4-21-22(29-23)8-18(10-26-21)19-12-28-33(13-19)7-3-6-32-14-20(25)15-32/h4-5,8-13,16,20H,3,6-7,14-15H2,1-2H3,(H,29,30,31). The summed E-state index contributed by atoms with van der Waals surface area (Å²) in [5.41, 5.74) is 4.68. The number of aromatic nitrogens is 6. The fourth-order valence-electron chi connectivity index (χ4n) is 3.90. The minimum Gasteiger partial charge on any atom is -0.323 e. The third-order valence-electron chi connectivity index (χ3n) is 5.88. The van der Waals surface area contributed by atoms with Gasteiger partial charge in [0.25, 0.3) is 0 Å². The molecule has 9 heteroatoms. The molecule has 0 bridgehead atoms. The number of nitrogens with zero attached hydrogens (tertiary/aromatic N) is 7. The minimum absolute atomic E-state index is 0.372. The van der Waals surface area contributed by atoms with Crippen LogP contribution >= 0.6 is 0 Å².